The summed E-state index contributed by atoms with van der Waals surface area (Å²) in [5, 5.41) is 9.97. The number of nitrogens with one attached hydrogen (secondary N) is 2. The quantitative estimate of drug-likeness (QED) is 0.754. The number of aromatic nitrogens is 2. The molecule has 2 N–H and O–H groups in total. The molecule has 130 valence electrons. The maximum atomic E-state index is 12.4. The highest BCUT2D eigenvalue weighted by atomic mass is 79.9. The van der Waals surface area contributed by atoms with Crippen molar-refractivity contribution in [3.63, 3.8) is 0 Å². The standard InChI is InChI=1S/C16H27BrN4O2/c1-4-12(5-2)13(21-6-8-23-9-7-21)10-18-16(22)15-14(17)11(3)19-20-15/h12-13H,4-10H2,1-3H3,(H,18,22)(H,19,20)/t13-/m1/s1. The van der Waals surface area contributed by atoms with Crippen LogP contribution in [0.3, 0.4) is 0 Å². The van der Waals surface area contributed by atoms with E-state index < -0.39 is 0 Å². The van der Waals surface area contributed by atoms with E-state index in [1.54, 1.807) is 0 Å². The first-order valence-corrected chi connectivity index (χ1v) is 9.18. The maximum Gasteiger partial charge on any atom is 0.273 e. The van der Waals surface area contributed by atoms with Crippen molar-refractivity contribution in [2.24, 2.45) is 5.92 Å². The highest BCUT2D eigenvalue weighted by Crippen LogP contribution is 2.21. The van der Waals surface area contributed by atoms with Crippen LogP contribution in [0.25, 0.3) is 0 Å². The molecule has 1 aromatic heterocycles. The molecular formula is C16H27BrN4O2. The second-order valence-electron chi connectivity index (χ2n) is 6.01. The van der Waals surface area contributed by atoms with Crippen molar-refractivity contribution in [1.82, 2.24) is 20.4 Å². The number of nitrogens with zero attached hydrogens (tertiary/aromatic N) is 2. The van der Waals surface area contributed by atoms with Gasteiger partial charge in [-0.05, 0) is 28.8 Å². The fourth-order valence-electron chi connectivity index (χ4n) is 3.18. The first-order chi connectivity index (χ1) is 11.1. The molecule has 2 rings (SSSR count). The molecule has 0 aliphatic carbocycles. The summed E-state index contributed by atoms with van der Waals surface area (Å²) in [6.45, 7) is 10.4. The Balaban J connectivity index is 2.02. The molecule has 0 aromatic carbocycles. The number of aryl methyl sites for hydroxylation is 1. The van der Waals surface area contributed by atoms with E-state index in [0.29, 0.717) is 24.2 Å². The number of rotatable bonds is 7. The topological polar surface area (TPSA) is 70.2 Å². The summed E-state index contributed by atoms with van der Waals surface area (Å²) in [7, 11) is 0. The van der Waals surface area contributed by atoms with Gasteiger partial charge in [0, 0.05) is 31.4 Å². The molecule has 1 fully saturated rings. The molecule has 2 heterocycles. The van der Waals surface area contributed by atoms with E-state index in [2.05, 4.69) is 50.2 Å². The number of morpholine rings is 1. The van der Waals surface area contributed by atoms with E-state index in [-0.39, 0.29) is 5.91 Å². The number of hydrogen-bond acceptors (Lipinski definition) is 4. The molecule has 0 spiro atoms. The van der Waals surface area contributed by atoms with Gasteiger partial charge in [0.15, 0.2) is 5.69 Å². The summed E-state index contributed by atoms with van der Waals surface area (Å²) >= 11 is 3.41. The predicted molar refractivity (Wildman–Crippen MR) is 93.6 cm³/mol. The minimum Gasteiger partial charge on any atom is -0.379 e. The van der Waals surface area contributed by atoms with E-state index in [1.807, 2.05) is 6.92 Å². The minimum absolute atomic E-state index is 0.134. The summed E-state index contributed by atoms with van der Waals surface area (Å²) in [4.78, 5) is 14.8. The highest BCUT2D eigenvalue weighted by Gasteiger charge is 2.28. The van der Waals surface area contributed by atoms with Gasteiger partial charge in [-0.1, -0.05) is 26.7 Å². The third-order valence-electron chi connectivity index (χ3n) is 4.67. The lowest BCUT2D eigenvalue weighted by molar-refractivity contribution is 0.00190. The zero-order valence-corrected chi connectivity index (χ0v) is 15.8. The molecule has 0 unspecified atom stereocenters. The van der Waals surface area contributed by atoms with Crippen molar-refractivity contribution in [2.75, 3.05) is 32.8 Å². The normalized spacial score (nSPS) is 17.4. The van der Waals surface area contributed by atoms with E-state index in [9.17, 15) is 4.79 Å². The molecule has 6 nitrogen and oxygen atoms in total. The summed E-state index contributed by atoms with van der Waals surface area (Å²) in [6.07, 6.45) is 2.22. The van der Waals surface area contributed by atoms with Crippen LogP contribution in [0.15, 0.2) is 4.47 Å². The van der Waals surface area contributed by atoms with Gasteiger partial charge in [0.1, 0.15) is 0 Å². The van der Waals surface area contributed by atoms with Gasteiger partial charge in [-0.2, -0.15) is 5.10 Å². The molecule has 1 aromatic rings. The second-order valence-corrected chi connectivity index (χ2v) is 6.81. The molecule has 23 heavy (non-hydrogen) atoms. The average molecular weight is 387 g/mol. The van der Waals surface area contributed by atoms with Crippen molar-refractivity contribution < 1.29 is 9.53 Å². The molecule has 1 aliphatic rings. The second kappa shape index (κ2) is 8.80. The number of ether oxygens (including phenoxy) is 1. The Morgan fingerprint density at radius 3 is 2.57 bits per heavy atom. The van der Waals surface area contributed by atoms with E-state index in [0.717, 1.165) is 49.3 Å². The van der Waals surface area contributed by atoms with Crippen LogP contribution < -0.4 is 5.32 Å². The molecule has 1 amide bonds. The van der Waals surface area contributed by atoms with E-state index >= 15 is 0 Å². The van der Waals surface area contributed by atoms with Crippen molar-refractivity contribution in [3.05, 3.63) is 15.9 Å². The van der Waals surface area contributed by atoms with Crippen LogP contribution in [0.5, 0.6) is 0 Å². The number of carbonyl (C=O) groups excluding carboxylic acids is 1. The van der Waals surface area contributed by atoms with Gasteiger partial charge in [-0.15, -0.1) is 0 Å². The lowest BCUT2D eigenvalue weighted by Gasteiger charge is -2.38. The van der Waals surface area contributed by atoms with Crippen LogP contribution in [-0.2, 0) is 4.74 Å². The number of amides is 1. The largest absolute Gasteiger partial charge is 0.379 e. The summed E-state index contributed by atoms with van der Waals surface area (Å²) in [6, 6.07) is 0.344. The van der Waals surface area contributed by atoms with Crippen molar-refractivity contribution in [2.45, 2.75) is 39.7 Å². The van der Waals surface area contributed by atoms with Gasteiger partial charge in [-0.25, -0.2) is 0 Å². The third-order valence-corrected chi connectivity index (χ3v) is 5.64. The molecule has 1 aliphatic heterocycles. The van der Waals surface area contributed by atoms with E-state index in [4.69, 9.17) is 4.74 Å². The molecule has 7 heteroatoms. The number of hydrogen-bond donors (Lipinski definition) is 2. The zero-order chi connectivity index (χ0) is 16.8. The lowest BCUT2D eigenvalue weighted by Crippen LogP contribution is -2.52. The summed E-state index contributed by atoms with van der Waals surface area (Å²) < 4.78 is 6.20. The number of carbonyl (C=O) groups is 1. The predicted octanol–water partition coefficient (Wildman–Crippen LogP) is 2.35. The Labute approximate surface area is 146 Å². The van der Waals surface area contributed by atoms with Crippen LogP contribution in [0.1, 0.15) is 42.9 Å². The lowest BCUT2D eigenvalue weighted by atomic mass is 9.92. The molecule has 0 saturated carbocycles. The summed E-state index contributed by atoms with van der Waals surface area (Å²) in [5.41, 5.74) is 1.28. The average Bonchev–Trinajstić information content (AvgIpc) is 2.91. The van der Waals surface area contributed by atoms with Gasteiger partial charge in [-0.3, -0.25) is 14.8 Å². The molecule has 0 bridgehead atoms. The number of H-pyrrole nitrogens is 1. The first kappa shape index (κ1) is 18.4. The molecule has 1 atom stereocenters. The van der Waals surface area contributed by atoms with Gasteiger partial charge in [0.2, 0.25) is 0 Å². The van der Waals surface area contributed by atoms with Crippen molar-refractivity contribution in [3.8, 4) is 0 Å². The van der Waals surface area contributed by atoms with Crippen LogP contribution in [0.2, 0.25) is 0 Å². The van der Waals surface area contributed by atoms with Crippen molar-refractivity contribution >= 4 is 21.8 Å². The van der Waals surface area contributed by atoms with Crippen molar-refractivity contribution in [1.29, 1.82) is 0 Å². The molecule has 0 radical (unpaired) electrons. The maximum absolute atomic E-state index is 12.4. The van der Waals surface area contributed by atoms with Gasteiger partial charge in [0.05, 0.1) is 17.7 Å². The third kappa shape index (κ3) is 4.55. The molecular weight excluding hydrogens is 360 g/mol. The van der Waals surface area contributed by atoms with Crippen LogP contribution in [-0.4, -0.2) is 59.9 Å². The van der Waals surface area contributed by atoms with Gasteiger partial charge >= 0.3 is 0 Å². The van der Waals surface area contributed by atoms with E-state index in [1.165, 1.54) is 0 Å². The Kier molecular flexibility index (Phi) is 7.05. The Bertz CT molecular complexity index is 510. The Morgan fingerprint density at radius 2 is 2.04 bits per heavy atom. The summed E-state index contributed by atoms with van der Waals surface area (Å²) in [5.74, 6) is 0.434. The number of aromatic amines is 1. The van der Waals surface area contributed by atoms with Crippen LogP contribution in [0, 0.1) is 12.8 Å². The number of halogens is 1. The SMILES string of the molecule is CCC(CC)[C@@H](CNC(=O)c1n[nH]c(C)c1Br)N1CCOCC1. The highest BCUT2D eigenvalue weighted by molar-refractivity contribution is 9.10. The minimum atomic E-state index is -0.134. The van der Waals surface area contributed by atoms with Crippen LogP contribution in [0.4, 0.5) is 0 Å². The zero-order valence-electron chi connectivity index (χ0n) is 14.2. The monoisotopic (exact) mass is 386 g/mol. The first-order valence-electron chi connectivity index (χ1n) is 8.38. The van der Waals surface area contributed by atoms with Crippen LogP contribution >= 0.6 is 15.9 Å². The fraction of sp³-hybridized carbons (Fsp3) is 0.750. The fourth-order valence-corrected chi connectivity index (χ4v) is 3.54. The Hall–Kier alpha value is -0.920. The smallest absolute Gasteiger partial charge is 0.273 e. The van der Waals surface area contributed by atoms with Gasteiger partial charge < -0.3 is 10.1 Å². The Morgan fingerprint density at radius 1 is 1.39 bits per heavy atom. The van der Waals surface area contributed by atoms with Gasteiger partial charge in [0.25, 0.3) is 5.91 Å². The molecule has 1 saturated heterocycles.